The number of hydrogen-bond acceptors (Lipinski definition) is 10. The second-order valence-electron chi connectivity index (χ2n) is 19.2. The van der Waals surface area contributed by atoms with Gasteiger partial charge in [-0.1, -0.05) is 27.7 Å². The molecule has 0 aliphatic carbocycles. The summed E-state index contributed by atoms with van der Waals surface area (Å²) in [5.74, 6) is -0.456. The number of benzene rings is 1. The molecule has 14 nitrogen and oxygen atoms in total. The van der Waals surface area contributed by atoms with E-state index in [2.05, 4.69) is 35.7 Å². The molecule has 6 heterocycles. The van der Waals surface area contributed by atoms with Crippen LogP contribution < -0.4 is 10.3 Å². The Morgan fingerprint density at radius 2 is 1.95 bits per heavy atom. The normalized spacial score (nSPS) is 24.0. The third-order valence-electron chi connectivity index (χ3n) is 12.4. The van der Waals surface area contributed by atoms with Crippen molar-refractivity contribution in [2.75, 3.05) is 51.9 Å². The Kier molecular flexibility index (Phi) is 12.5. The lowest BCUT2D eigenvalue weighted by Gasteiger charge is -2.34. The van der Waals surface area contributed by atoms with Gasteiger partial charge in [0.2, 0.25) is 6.04 Å². The van der Waals surface area contributed by atoms with Gasteiger partial charge in [-0.25, -0.2) is 24.2 Å². The van der Waals surface area contributed by atoms with Crippen LogP contribution in [0.4, 0.5) is 14.9 Å². The summed E-state index contributed by atoms with van der Waals surface area (Å²) in [6.45, 7) is 20.0. The molecule has 4 aliphatic rings. The highest BCUT2D eigenvalue weighted by Crippen LogP contribution is 2.43. The number of fused-ring (bicyclic) bond motifs is 7. The van der Waals surface area contributed by atoms with Crippen LogP contribution in [0.5, 0.6) is 0 Å². The van der Waals surface area contributed by atoms with E-state index in [0.29, 0.717) is 64.2 Å². The molecule has 0 unspecified atom stereocenters. The van der Waals surface area contributed by atoms with E-state index in [0.717, 1.165) is 39.3 Å². The van der Waals surface area contributed by atoms with Gasteiger partial charge in [-0.15, -0.1) is 0 Å². The zero-order valence-electron chi connectivity index (χ0n) is 37.8. The monoisotopic (exact) mass is 846 g/mol. The molecule has 5 atom stereocenters. The van der Waals surface area contributed by atoms with Crippen LogP contribution in [0.15, 0.2) is 30.5 Å². The van der Waals surface area contributed by atoms with Crippen LogP contribution in [0.25, 0.3) is 22.2 Å². The van der Waals surface area contributed by atoms with Crippen molar-refractivity contribution in [3.05, 3.63) is 47.5 Å². The van der Waals surface area contributed by atoms with Crippen molar-refractivity contribution in [3.8, 4) is 11.3 Å². The molecule has 1 N–H and O–H groups in total. The first kappa shape index (κ1) is 44.3. The molecule has 332 valence electrons. The molecule has 3 fully saturated rings. The van der Waals surface area contributed by atoms with Crippen LogP contribution in [0, 0.1) is 17.2 Å². The maximum Gasteiger partial charge on any atom is 0.410 e. The number of morpholine rings is 1. The third-order valence-corrected chi connectivity index (χ3v) is 12.4. The number of cyclic esters (lactones) is 1. The highest BCUT2D eigenvalue weighted by Gasteiger charge is 2.63. The van der Waals surface area contributed by atoms with Gasteiger partial charge in [0.05, 0.1) is 48.0 Å². The van der Waals surface area contributed by atoms with Crippen molar-refractivity contribution < 1.29 is 42.4 Å². The minimum atomic E-state index is -0.816. The Labute approximate surface area is 359 Å². The molecule has 6 bridgehead atoms. The number of halogens is 1. The predicted molar refractivity (Wildman–Crippen MR) is 231 cm³/mol. The van der Waals surface area contributed by atoms with E-state index in [4.69, 9.17) is 23.9 Å². The largest absolute Gasteiger partial charge is 0.463 e. The highest BCUT2D eigenvalue weighted by molar-refractivity contribution is 6.14. The van der Waals surface area contributed by atoms with Crippen LogP contribution in [-0.4, -0.2) is 125 Å². The molecule has 2 amide bonds. The van der Waals surface area contributed by atoms with E-state index in [1.54, 1.807) is 52.1 Å². The van der Waals surface area contributed by atoms with Crippen molar-refractivity contribution in [2.45, 2.75) is 130 Å². The minimum Gasteiger partial charge on any atom is -0.463 e. The fourth-order valence-corrected chi connectivity index (χ4v) is 9.39. The number of ether oxygens (including phenoxy) is 4. The molecule has 1 aromatic carbocycles. The number of amides is 2. The number of nitrogens with zero attached hydrogens (tertiary/aromatic N) is 6. The Morgan fingerprint density at radius 1 is 1.20 bits per heavy atom. The minimum absolute atomic E-state index is 0.146. The number of likely N-dealkylation sites (N-methyl/N-ethyl adjacent to an activating group) is 1. The van der Waals surface area contributed by atoms with Gasteiger partial charge in [-0.2, -0.15) is 9.58 Å². The molecular formula is C46H65FN7O7+. The molecule has 3 aromatic rings. The van der Waals surface area contributed by atoms with E-state index in [-0.39, 0.29) is 48.5 Å². The van der Waals surface area contributed by atoms with E-state index < -0.39 is 29.2 Å². The maximum atomic E-state index is 16.7. The number of nitrogens with one attached hydrogen (secondary N) is 1. The number of carbonyl (C=O) groups is 3. The molecule has 0 saturated carbocycles. The standard InChI is InChI=1S/C46H65FN7O7/c1-12-52-35-23-33(47)36-22-31(35)32(40(52)30-15-13-17-48-38(30)28(4)58-11)24-46(8,9)26-60-43(56)34-16-14-18-53(49-34)41-37(21-29-25-51(36)19-20-59-29)54(41)42(55)39(27(2)3)50(10)44(57)61-45(5,6)7/h13,15,17,22-23,27-29,34,37,39,49H,12,14,16,18-21,24-26H2,1-11H3/q+1/t28-,29-,34-,37-,39-/m0/s1. The number of pyridine rings is 1. The van der Waals surface area contributed by atoms with Crippen molar-refractivity contribution in [2.24, 2.45) is 11.3 Å². The number of esters is 1. The van der Waals surface area contributed by atoms with Crippen molar-refractivity contribution in [3.63, 3.8) is 0 Å². The number of anilines is 1. The van der Waals surface area contributed by atoms with Gasteiger partial charge in [0, 0.05) is 68.8 Å². The van der Waals surface area contributed by atoms with Crippen LogP contribution in [0.1, 0.15) is 98.9 Å². The van der Waals surface area contributed by atoms with E-state index in [9.17, 15) is 14.4 Å². The Morgan fingerprint density at radius 3 is 2.64 bits per heavy atom. The summed E-state index contributed by atoms with van der Waals surface area (Å²) in [7, 11) is 3.26. The molecule has 7 rings (SSSR count). The summed E-state index contributed by atoms with van der Waals surface area (Å²) in [5.41, 5.74) is 7.05. The average Bonchev–Trinajstić information content (AvgIpc) is 3.85. The summed E-state index contributed by atoms with van der Waals surface area (Å²) in [5, 5.41) is 0.921. The Bertz CT molecular complexity index is 2200. The SMILES string of the molecule is CCn1c(-c2cccnc2[C@H](C)OC)c2c3cc(c(F)cc31)N1CCO[C@@H](C[C@H]3/C(=[N+]4/CCC[C@H](N4)C(=O)OCC(C)(C)C2)N3C(=O)[C@H](C(C)C)N(C)C(=O)OC(C)(C)C)C1. The van der Waals surface area contributed by atoms with Gasteiger partial charge in [-0.05, 0) is 83.6 Å². The summed E-state index contributed by atoms with van der Waals surface area (Å²) in [4.78, 5) is 51.9. The Balaban J connectivity index is 1.32. The predicted octanol–water partition coefficient (Wildman–Crippen LogP) is 6.47. The van der Waals surface area contributed by atoms with Crippen molar-refractivity contribution in [1.82, 2.24) is 24.8 Å². The fourth-order valence-electron chi connectivity index (χ4n) is 9.39. The number of hydrazine groups is 1. The topological polar surface area (TPSA) is 130 Å². The summed E-state index contributed by atoms with van der Waals surface area (Å²) in [6.07, 6.45) is 2.77. The van der Waals surface area contributed by atoms with Gasteiger partial charge in [-0.3, -0.25) is 9.88 Å². The Hall–Kier alpha value is -4.76. The van der Waals surface area contributed by atoms with E-state index >= 15 is 4.39 Å². The number of methoxy groups -OCH3 is 1. The van der Waals surface area contributed by atoms with Gasteiger partial charge in [0.15, 0.2) is 6.04 Å². The maximum absolute atomic E-state index is 16.7. The zero-order chi connectivity index (χ0) is 44.1. The smallest absolute Gasteiger partial charge is 0.410 e. The number of aryl methyl sites for hydroxylation is 1. The van der Waals surface area contributed by atoms with Crippen molar-refractivity contribution in [1.29, 1.82) is 0 Å². The van der Waals surface area contributed by atoms with Crippen molar-refractivity contribution >= 4 is 40.4 Å². The third kappa shape index (κ3) is 8.95. The number of rotatable bonds is 7. The van der Waals surface area contributed by atoms with Crippen LogP contribution in [0.3, 0.4) is 0 Å². The fraction of sp³-hybridized carbons (Fsp3) is 0.630. The molecule has 0 radical (unpaired) electrons. The lowest BCUT2D eigenvalue weighted by molar-refractivity contribution is -0.600. The van der Waals surface area contributed by atoms with E-state index in [1.807, 2.05) is 43.7 Å². The number of hydrogen-bond donors (Lipinski definition) is 1. The molecule has 3 saturated heterocycles. The number of aromatic nitrogens is 2. The second kappa shape index (κ2) is 17.2. The first-order chi connectivity index (χ1) is 28.8. The molecule has 61 heavy (non-hydrogen) atoms. The highest BCUT2D eigenvalue weighted by atomic mass is 19.1. The van der Waals surface area contributed by atoms with Gasteiger partial charge < -0.3 is 28.4 Å². The molecule has 2 aromatic heterocycles. The number of carbonyl (C=O) groups excluding carboxylic acids is 3. The average molecular weight is 847 g/mol. The first-order valence-corrected chi connectivity index (χ1v) is 21.9. The van der Waals surface area contributed by atoms with Gasteiger partial charge in [0.1, 0.15) is 24.0 Å². The van der Waals surface area contributed by atoms with E-state index in [1.165, 1.54) is 4.90 Å². The van der Waals surface area contributed by atoms with Crippen LogP contribution in [0.2, 0.25) is 0 Å². The molecular weight excluding hydrogens is 782 g/mol. The first-order valence-electron chi connectivity index (χ1n) is 21.9. The molecule has 0 spiro atoms. The molecule has 4 aliphatic heterocycles. The zero-order valence-corrected chi connectivity index (χ0v) is 37.8. The number of amidine groups is 1. The van der Waals surface area contributed by atoms with Crippen LogP contribution in [-0.2, 0) is 41.5 Å². The summed E-state index contributed by atoms with van der Waals surface area (Å²) in [6, 6.07) is 5.76. The van der Waals surface area contributed by atoms with Crippen LogP contribution >= 0.6 is 0 Å². The second-order valence-corrected chi connectivity index (χ2v) is 19.2. The molecule has 15 heteroatoms. The van der Waals surface area contributed by atoms with Gasteiger partial charge in [0.25, 0.3) is 0 Å². The quantitative estimate of drug-likeness (QED) is 0.161. The lowest BCUT2D eigenvalue weighted by Crippen LogP contribution is -2.51. The summed E-state index contributed by atoms with van der Waals surface area (Å²) >= 11 is 0. The number of hydrazone groups is 1. The summed E-state index contributed by atoms with van der Waals surface area (Å²) < 4.78 is 44.8. The van der Waals surface area contributed by atoms with Gasteiger partial charge >= 0.3 is 23.8 Å². The lowest BCUT2D eigenvalue weighted by atomic mass is 9.84.